The molecule has 1 unspecified atom stereocenters. The van der Waals surface area contributed by atoms with Gasteiger partial charge in [0, 0.05) is 12.8 Å². The zero-order valence-corrected chi connectivity index (χ0v) is 32.5. The molecule has 12 nitrogen and oxygen atoms in total. The zero-order valence-electron chi connectivity index (χ0n) is 31.7. The third-order valence-corrected chi connectivity index (χ3v) is 15.2. The lowest BCUT2D eigenvalue weighted by molar-refractivity contribution is -0.156. The van der Waals surface area contributed by atoms with Gasteiger partial charge in [-0.3, -0.25) is 23.9 Å². The van der Waals surface area contributed by atoms with Crippen molar-refractivity contribution in [2.24, 2.45) is 29.1 Å². The average Bonchev–Trinajstić information content (AvgIpc) is 3.95. The van der Waals surface area contributed by atoms with Gasteiger partial charge in [-0.25, -0.2) is 18.4 Å². The summed E-state index contributed by atoms with van der Waals surface area (Å²) in [5, 5.41) is -0.591. The summed E-state index contributed by atoms with van der Waals surface area (Å²) in [5.41, 5.74) is 0.937. The van der Waals surface area contributed by atoms with E-state index in [2.05, 4.69) is 11.3 Å². The number of sulfonamides is 1. The van der Waals surface area contributed by atoms with Gasteiger partial charge in [-0.1, -0.05) is 43.9 Å². The van der Waals surface area contributed by atoms with E-state index in [-0.39, 0.29) is 61.4 Å². The van der Waals surface area contributed by atoms with Crippen LogP contribution in [0, 0.1) is 29.1 Å². The second-order valence-electron chi connectivity index (χ2n) is 17.1. The molecule has 296 valence electrons. The summed E-state index contributed by atoms with van der Waals surface area (Å²) in [5.74, 6) is -1.99. The van der Waals surface area contributed by atoms with E-state index in [1.165, 1.54) is 0 Å². The van der Waals surface area contributed by atoms with E-state index < -0.39 is 44.7 Å². The Bertz CT molecular complexity index is 1940. The Hall–Kier alpha value is -3.87. The molecule has 3 heterocycles. The van der Waals surface area contributed by atoms with Gasteiger partial charge in [-0.15, -0.1) is 6.58 Å². The number of benzene rings is 1. The molecule has 0 spiro atoms. The highest BCUT2D eigenvalue weighted by molar-refractivity contribution is 7.90. The molecule has 1 aromatic carbocycles. The number of hydrogen-bond acceptors (Lipinski definition) is 10. The Morgan fingerprint density at radius 2 is 1.62 bits per heavy atom. The summed E-state index contributed by atoms with van der Waals surface area (Å²) in [6, 6.07) is 6.71. The molecule has 2 amide bonds. The highest BCUT2D eigenvalue weighted by Gasteiger charge is 2.61. The van der Waals surface area contributed by atoms with Crippen LogP contribution in [0.3, 0.4) is 0 Å². The lowest BCUT2D eigenvalue weighted by Gasteiger charge is -2.31. The number of aryl methyl sites for hydroxylation is 1. The lowest BCUT2D eigenvalue weighted by Crippen LogP contribution is -2.47. The van der Waals surface area contributed by atoms with Crippen molar-refractivity contribution in [2.75, 3.05) is 6.54 Å². The monoisotopic (exact) mass is 774 g/mol. The number of nitrogens with one attached hydrogen (secondary N) is 1. The summed E-state index contributed by atoms with van der Waals surface area (Å²) in [6.07, 6.45) is 13.0. The van der Waals surface area contributed by atoms with Crippen molar-refractivity contribution in [3.63, 3.8) is 0 Å². The topological polar surface area (TPSA) is 162 Å². The smallest absolute Gasteiger partial charge is 0.306 e. The molecule has 1 N–H and O–H groups in total. The number of ether oxygens (including phenoxy) is 2. The minimum Gasteiger partial charge on any atom is -0.471 e. The van der Waals surface area contributed by atoms with Crippen molar-refractivity contribution in [1.29, 1.82) is 0 Å². The minimum atomic E-state index is -3.84. The van der Waals surface area contributed by atoms with Gasteiger partial charge in [-0.2, -0.15) is 0 Å². The van der Waals surface area contributed by atoms with E-state index in [1.807, 2.05) is 24.3 Å². The fraction of sp³-hybridized carbons (Fsp3) is 0.667. The van der Waals surface area contributed by atoms with Crippen LogP contribution in [0.2, 0.25) is 0 Å². The fourth-order valence-corrected chi connectivity index (χ4v) is 11.3. The maximum atomic E-state index is 14.9. The molecule has 4 saturated carbocycles. The summed E-state index contributed by atoms with van der Waals surface area (Å²) < 4.78 is 40.7. The van der Waals surface area contributed by atoms with E-state index in [0.717, 1.165) is 81.8 Å². The number of Topliss-reactive ketones (excluding diaryl/α,β-unsaturated/α-hetero) is 1. The van der Waals surface area contributed by atoms with Crippen molar-refractivity contribution in [2.45, 2.75) is 139 Å². The number of aromatic nitrogens is 2. The number of amides is 2. The SMILES string of the molecule is C=C[C@H]1C[C@]1(CC(=O)[C@@H]1C[C@@H]2CN1C(=O)[C@H](C1CCCC1)CC(=O)OC1CCC[C@H]1CCCCCc1nc3ccccc3nc1O2)C(=O)NS(=O)(=O)C1CC1. The van der Waals surface area contributed by atoms with E-state index in [9.17, 15) is 27.6 Å². The van der Waals surface area contributed by atoms with E-state index in [0.29, 0.717) is 43.0 Å². The first kappa shape index (κ1) is 38.0. The molecule has 0 radical (unpaired) electrons. The molecule has 4 aliphatic carbocycles. The molecule has 55 heavy (non-hydrogen) atoms. The van der Waals surface area contributed by atoms with Crippen molar-refractivity contribution < 1.29 is 37.1 Å². The standard InChI is InChI=1S/C42H54N4O8S/c1-2-28-23-42(28,41(50)45-55(51,52)30-19-20-30)24-36(47)35-21-29-25-46(35)40(49)31(26-11-6-7-12-26)22-38(48)54-37-18-10-14-27(37)13-4-3-5-17-34-39(53-29)44-33-16-9-8-15-32(33)43-34/h2,8-9,15-16,26-31,35,37H,1,3-7,10-14,17-25H2,(H,45,50)/t27-,28+,29-,31+,35+,37?,42-/m1/s1. The first-order chi connectivity index (χ1) is 26.5. The Morgan fingerprint density at radius 1 is 0.909 bits per heavy atom. The normalized spacial score (nSPS) is 32.1. The minimum absolute atomic E-state index is 0.0166. The third kappa shape index (κ3) is 8.05. The molecule has 5 fully saturated rings. The number of allylic oxidation sites excluding steroid dienone is 1. The maximum absolute atomic E-state index is 14.9. The molecule has 2 aromatic rings. The van der Waals surface area contributed by atoms with Crippen LogP contribution in [0.4, 0.5) is 0 Å². The predicted octanol–water partition coefficient (Wildman–Crippen LogP) is 5.76. The number of nitrogens with zero attached hydrogens (tertiary/aromatic N) is 3. The van der Waals surface area contributed by atoms with Crippen LogP contribution >= 0.6 is 0 Å². The summed E-state index contributed by atoms with van der Waals surface area (Å²) >= 11 is 0. The second kappa shape index (κ2) is 15.6. The van der Waals surface area contributed by atoms with Crippen molar-refractivity contribution >= 4 is 44.6 Å². The molecule has 2 bridgehead atoms. The Balaban J connectivity index is 1.12. The van der Waals surface area contributed by atoms with E-state index >= 15 is 0 Å². The fourth-order valence-electron chi connectivity index (χ4n) is 9.96. The molecule has 2 aliphatic heterocycles. The molecular weight excluding hydrogens is 721 g/mol. The van der Waals surface area contributed by atoms with Crippen molar-refractivity contribution in [3.05, 3.63) is 42.6 Å². The van der Waals surface area contributed by atoms with Crippen LogP contribution in [0.5, 0.6) is 5.88 Å². The van der Waals surface area contributed by atoms with Gasteiger partial charge in [0.1, 0.15) is 17.9 Å². The third-order valence-electron chi connectivity index (χ3n) is 13.4. The Morgan fingerprint density at radius 3 is 2.35 bits per heavy atom. The molecule has 8 rings (SSSR count). The van der Waals surface area contributed by atoms with Gasteiger partial charge < -0.3 is 14.4 Å². The van der Waals surface area contributed by atoms with Crippen LogP contribution in [-0.4, -0.2) is 76.9 Å². The molecule has 1 aromatic heterocycles. The van der Waals surface area contributed by atoms with E-state index in [4.69, 9.17) is 19.4 Å². The molecular formula is C42H54N4O8S. The van der Waals surface area contributed by atoms with E-state index in [1.54, 1.807) is 11.0 Å². The molecule has 7 atom stereocenters. The first-order valence-electron chi connectivity index (χ1n) is 20.7. The van der Waals surface area contributed by atoms with Crippen LogP contribution in [-0.2, 0) is 40.4 Å². The van der Waals surface area contributed by atoms with Gasteiger partial charge in [0.25, 0.3) is 0 Å². The van der Waals surface area contributed by atoms with Crippen molar-refractivity contribution in [3.8, 4) is 5.88 Å². The number of para-hydroxylation sites is 2. The largest absolute Gasteiger partial charge is 0.471 e. The Labute approximate surface area is 323 Å². The number of ketones is 1. The molecule has 6 aliphatic rings. The molecule has 13 heteroatoms. The molecule has 1 saturated heterocycles. The summed E-state index contributed by atoms with van der Waals surface area (Å²) in [4.78, 5) is 68.3. The first-order valence-corrected chi connectivity index (χ1v) is 22.2. The number of esters is 1. The number of carbonyl (C=O) groups is 4. The van der Waals surface area contributed by atoms with Crippen LogP contribution in [0.15, 0.2) is 36.9 Å². The number of hydrogen-bond donors (Lipinski definition) is 1. The van der Waals surface area contributed by atoms with Gasteiger partial charge >= 0.3 is 5.97 Å². The van der Waals surface area contributed by atoms with Gasteiger partial charge in [0.15, 0.2) is 5.78 Å². The number of carbonyl (C=O) groups excluding carboxylic acids is 4. The van der Waals surface area contributed by atoms with Gasteiger partial charge in [0.2, 0.25) is 27.7 Å². The maximum Gasteiger partial charge on any atom is 0.306 e. The zero-order chi connectivity index (χ0) is 38.3. The second-order valence-corrected chi connectivity index (χ2v) is 19.1. The van der Waals surface area contributed by atoms with Gasteiger partial charge in [0.05, 0.1) is 46.6 Å². The van der Waals surface area contributed by atoms with Gasteiger partial charge in [-0.05, 0) is 101 Å². The quantitative estimate of drug-likeness (QED) is 0.258. The van der Waals surface area contributed by atoms with Crippen molar-refractivity contribution in [1.82, 2.24) is 19.6 Å². The highest BCUT2D eigenvalue weighted by atomic mass is 32.2. The summed E-state index contributed by atoms with van der Waals surface area (Å²) in [7, 11) is -3.84. The Kier molecular flexibility index (Phi) is 10.8. The van der Waals surface area contributed by atoms with Crippen LogP contribution in [0.25, 0.3) is 11.0 Å². The summed E-state index contributed by atoms with van der Waals surface area (Å²) in [6.45, 7) is 3.96. The highest BCUT2D eigenvalue weighted by Crippen LogP contribution is 2.57. The predicted molar refractivity (Wildman–Crippen MR) is 204 cm³/mol. The number of fused-ring (bicyclic) bond motifs is 5. The number of rotatable bonds is 8. The average molecular weight is 775 g/mol. The van der Waals surface area contributed by atoms with Crippen LogP contribution in [0.1, 0.15) is 115 Å². The lowest BCUT2D eigenvalue weighted by atomic mass is 9.86. The van der Waals surface area contributed by atoms with Crippen LogP contribution < -0.4 is 9.46 Å².